The standard InChI is InChI=1S/C22H21NO4S2/c24-20-15-29-22(25)23(20)13-17-7-8-19(18-9-12-28-21(17)18)27-11-4-10-26-14-16-5-2-1-3-6-16/h1-3,5-9,12H,4,10-11,13-15H2. The minimum absolute atomic E-state index is 0.125. The molecule has 1 fully saturated rings. The SMILES string of the molecule is O=C1CSC(=O)N1Cc1ccc(OCCCOCc2ccccc2)c2ccsc12. The lowest BCUT2D eigenvalue weighted by molar-refractivity contribution is -0.124. The van der Waals surface area contributed by atoms with Crippen LogP contribution in [-0.2, 0) is 22.7 Å². The van der Waals surface area contributed by atoms with Crippen LogP contribution in [-0.4, -0.2) is 35.0 Å². The largest absolute Gasteiger partial charge is 0.493 e. The molecule has 5 nitrogen and oxygen atoms in total. The van der Waals surface area contributed by atoms with E-state index in [0.717, 1.165) is 45.1 Å². The summed E-state index contributed by atoms with van der Waals surface area (Å²) in [6.07, 6.45) is 0.800. The Morgan fingerprint density at radius 2 is 1.86 bits per heavy atom. The average Bonchev–Trinajstić information content (AvgIpc) is 3.35. The van der Waals surface area contributed by atoms with Crippen molar-refractivity contribution in [2.24, 2.45) is 0 Å². The molecule has 7 heteroatoms. The number of nitrogens with zero attached hydrogens (tertiary/aromatic N) is 1. The minimum atomic E-state index is -0.171. The van der Waals surface area contributed by atoms with Gasteiger partial charge in [-0.3, -0.25) is 14.5 Å². The Hall–Kier alpha value is -2.35. The molecule has 150 valence electrons. The van der Waals surface area contributed by atoms with Crippen LogP contribution in [0.2, 0.25) is 0 Å². The molecule has 3 aromatic rings. The molecule has 0 N–H and O–H groups in total. The predicted octanol–water partition coefficient (Wildman–Crippen LogP) is 5.08. The van der Waals surface area contributed by atoms with Gasteiger partial charge in [0.15, 0.2) is 0 Å². The number of rotatable bonds is 9. The third-order valence-corrected chi connectivity index (χ3v) is 6.48. The molecule has 1 aliphatic heterocycles. The zero-order valence-corrected chi connectivity index (χ0v) is 17.5. The molecular formula is C22H21NO4S2. The van der Waals surface area contributed by atoms with Crippen LogP contribution in [0, 0.1) is 0 Å². The highest BCUT2D eigenvalue weighted by Gasteiger charge is 2.30. The Balaban J connectivity index is 1.31. The molecule has 1 aliphatic rings. The van der Waals surface area contributed by atoms with E-state index >= 15 is 0 Å². The lowest BCUT2D eigenvalue weighted by atomic mass is 10.1. The number of benzene rings is 2. The third kappa shape index (κ3) is 4.80. The number of thioether (sulfide) groups is 1. The summed E-state index contributed by atoms with van der Waals surface area (Å²) in [5.41, 5.74) is 2.13. The van der Waals surface area contributed by atoms with Crippen molar-refractivity contribution in [1.29, 1.82) is 0 Å². The molecule has 0 bridgehead atoms. The summed E-state index contributed by atoms with van der Waals surface area (Å²) in [7, 11) is 0. The van der Waals surface area contributed by atoms with E-state index in [0.29, 0.717) is 26.4 Å². The maximum absolute atomic E-state index is 11.9. The highest BCUT2D eigenvalue weighted by molar-refractivity contribution is 8.14. The highest BCUT2D eigenvalue weighted by Crippen LogP contribution is 2.34. The summed E-state index contributed by atoms with van der Waals surface area (Å²) < 4.78 is 12.7. The normalized spacial score (nSPS) is 14.1. The summed E-state index contributed by atoms with van der Waals surface area (Å²) in [5.74, 6) is 0.932. The minimum Gasteiger partial charge on any atom is -0.493 e. The van der Waals surface area contributed by atoms with Gasteiger partial charge < -0.3 is 9.47 Å². The van der Waals surface area contributed by atoms with Gasteiger partial charge in [0.05, 0.1) is 32.1 Å². The van der Waals surface area contributed by atoms with E-state index in [1.54, 1.807) is 11.3 Å². The van der Waals surface area contributed by atoms with E-state index in [4.69, 9.17) is 9.47 Å². The van der Waals surface area contributed by atoms with Gasteiger partial charge in [-0.25, -0.2) is 0 Å². The summed E-state index contributed by atoms with van der Waals surface area (Å²) in [4.78, 5) is 25.1. The van der Waals surface area contributed by atoms with Gasteiger partial charge in [0, 0.05) is 16.5 Å². The molecule has 0 unspecified atom stereocenters. The van der Waals surface area contributed by atoms with Crippen LogP contribution in [0.3, 0.4) is 0 Å². The second-order valence-electron chi connectivity index (χ2n) is 6.66. The second-order valence-corrected chi connectivity index (χ2v) is 8.50. The van der Waals surface area contributed by atoms with E-state index in [2.05, 4.69) is 0 Å². The zero-order chi connectivity index (χ0) is 20.1. The monoisotopic (exact) mass is 427 g/mol. The molecule has 0 saturated carbocycles. The van der Waals surface area contributed by atoms with E-state index in [1.165, 1.54) is 4.90 Å². The van der Waals surface area contributed by atoms with Gasteiger partial charge in [-0.1, -0.05) is 48.2 Å². The Labute approximate surface area is 177 Å². The number of fused-ring (bicyclic) bond motifs is 1. The van der Waals surface area contributed by atoms with Crippen molar-refractivity contribution in [3.05, 3.63) is 65.0 Å². The van der Waals surface area contributed by atoms with Crippen molar-refractivity contribution >= 4 is 44.3 Å². The number of hydrogen-bond donors (Lipinski definition) is 0. The number of carbonyl (C=O) groups excluding carboxylic acids is 2. The Morgan fingerprint density at radius 3 is 2.66 bits per heavy atom. The van der Waals surface area contributed by atoms with Gasteiger partial charge in [-0.2, -0.15) is 0 Å². The van der Waals surface area contributed by atoms with Crippen LogP contribution in [0.5, 0.6) is 5.75 Å². The fraction of sp³-hybridized carbons (Fsp3) is 0.273. The first-order chi connectivity index (χ1) is 14.2. The van der Waals surface area contributed by atoms with Crippen LogP contribution in [0.25, 0.3) is 10.1 Å². The van der Waals surface area contributed by atoms with Crippen LogP contribution in [0.4, 0.5) is 4.79 Å². The lowest BCUT2D eigenvalue weighted by Crippen LogP contribution is -2.27. The molecule has 0 aliphatic carbocycles. The number of imide groups is 1. The molecule has 1 saturated heterocycles. The van der Waals surface area contributed by atoms with Crippen LogP contribution < -0.4 is 4.74 Å². The summed E-state index contributed by atoms with van der Waals surface area (Å²) in [5, 5.41) is 2.85. The van der Waals surface area contributed by atoms with E-state index in [1.807, 2.05) is 53.9 Å². The van der Waals surface area contributed by atoms with Crippen molar-refractivity contribution in [3.63, 3.8) is 0 Å². The molecular weight excluding hydrogens is 406 g/mol. The number of amides is 2. The first-order valence-electron chi connectivity index (χ1n) is 9.43. The third-order valence-electron chi connectivity index (χ3n) is 4.63. The van der Waals surface area contributed by atoms with E-state index < -0.39 is 0 Å². The topological polar surface area (TPSA) is 55.8 Å². The number of ether oxygens (including phenoxy) is 2. The molecule has 2 amide bonds. The zero-order valence-electron chi connectivity index (χ0n) is 15.8. The Kier molecular flexibility index (Phi) is 6.49. The van der Waals surface area contributed by atoms with Gasteiger partial charge >= 0.3 is 0 Å². The van der Waals surface area contributed by atoms with Crippen LogP contribution in [0.15, 0.2) is 53.9 Å². The summed E-state index contributed by atoms with van der Waals surface area (Å²) in [6, 6.07) is 16.0. The predicted molar refractivity (Wildman–Crippen MR) is 116 cm³/mol. The fourth-order valence-electron chi connectivity index (χ4n) is 3.16. The summed E-state index contributed by atoms with van der Waals surface area (Å²) in [6.45, 7) is 2.13. The van der Waals surface area contributed by atoms with Gasteiger partial charge in [-0.05, 0) is 28.6 Å². The second kappa shape index (κ2) is 9.43. The molecule has 2 heterocycles. The van der Waals surface area contributed by atoms with Crippen LogP contribution >= 0.6 is 23.1 Å². The molecule has 4 rings (SSSR count). The van der Waals surface area contributed by atoms with Crippen molar-refractivity contribution < 1.29 is 19.1 Å². The van der Waals surface area contributed by atoms with Crippen LogP contribution in [0.1, 0.15) is 17.5 Å². The molecule has 0 spiro atoms. The van der Waals surface area contributed by atoms with Crippen molar-refractivity contribution in [2.75, 3.05) is 19.0 Å². The van der Waals surface area contributed by atoms with Gasteiger partial charge in [0.1, 0.15) is 5.75 Å². The van der Waals surface area contributed by atoms with Crippen molar-refractivity contribution in [1.82, 2.24) is 4.90 Å². The number of thiophene rings is 1. The van der Waals surface area contributed by atoms with Crippen molar-refractivity contribution in [3.8, 4) is 5.75 Å². The highest BCUT2D eigenvalue weighted by atomic mass is 32.2. The van der Waals surface area contributed by atoms with Gasteiger partial charge in [-0.15, -0.1) is 11.3 Å². The molecule has 2 aromatic carbocycles. The van der Waals surface area contributed by atoms with E-state index in [-0.39, 0.29) is 16.9 Å². The van der Waals surface area contributed by atoms with E-state index in [9.17, 15) is 9.59 Å². The van der Waals surface area contributed by atoms with Crippen molar-refractivity contribution in [2.45, 2.75) is 19.6 Å². The molecule has 0 atom stereocenters. The maximum Gasteiger partial charge on any atom is 0.289 e. The first kappa shape index (κ1) is 19.9. The average molecular weight is 428 g/mol. The fourth-order valence-corrected chi connectivity index (χ4v) is 4.80. The molecule has 29 heavy (non-hydrogen) atoms. The smallest absolute Gasteiger partial charge is 0.289 e. The Morgan fingerprint density at radius 1 is 1.00 bits per heavy atom. The lowest BCUT2D eigenvalue weighted by Gasteiger charge is -2.15. The number of carbonyl (C=O) groups is 2. The quantitative estimate of drug-likeness (QED) is 0.446. The van der Waals surface area contributed by atoms with Gasteiger partial charge in [0.25, 0.3) is 5.24 Å². The maximum atomic E-state index is 11.9. The van der Waals surface area contributed by atoms with Gasteiger partial charge in [0.2, 0.25) is 5.91 Å². The molecule has 0 radical (unpaired) electrons. The molecule has 1 aromatic heterocycles. The first-order valence-corrected chi connectivity index (χ1v) is 11.3. The summed E-state index contributed by atoms with van der Waals surface area (Å²) >= 11 is 2.66. The Bertz CT molecular complexity index is 986. The number of hydrogen-bond acceptors (Lipinski definition) is 6.